The summed E-state index contributed by atoms with van der Waals surface area (Å²) in [5, 5.41) is 8.58. The van der Waals surface area contributed by atoms with Gasteiger partial charge in [0.25, 0.3) is 0 Å². The first kappa shape index (κ1) is 17.2. The molecule has 3 aromatic rings. The second kappa shape index (κ2) is 6.60. The molecule has 0 saturated heterocycles. The molecule has 1 aromatic heterocycles. The van der Waals surface area contributed by atoms with Crippen LogP contribution in [-0.4, -0.2) is 20.5 Å². The summed E-state index contributed by atoms with van der Waals surface area (Å²) in [4.78, 5) is 17.8. The van der Waals surface area contributed by atoms with Gasteiger partial charge in [0.2, 0.25) is 5.95 Å². The van der Waals surface area contributed by atoms with E-state index in [4.69, 9.17) is 11.6 Å². The molecule has 1 aliphatic heterocycles. The molecule has 0 bridgehead atoms. The molecule has 28 heavy (non-hydrogen) atoms. The van der Waals surface area contributed by atoms with Crippen molar-refractivity contribution in [2.75, 3.05) is 5.32 Å². The van der Waals surface area contributed by atoms with Crippen molar-refractivity contribution in [2.24, 2.45) is 0 Å². The summed E-state index contributed by atoms with van der Waals surface area (Å²) in [6.07, 6.45) is 1.26. The highest BCUT2D eigenvalue weighted by atomic mass is 35.5. The molecule has 2 heterocycles. The number of rotatable bonds is 2. The molecule has 0 radical (unpaired) electrons. The third kappa shape index (κ3) is 2.83. The Morgan fingerprint density at radius 1 is 1.07 bits per heavy atom. The first-order chi connectivity index (χ1) is 13.6. The first-order valence-electron chi connectivity index (χ1n) is 9.37. The third-order valence-corrected chi connectivity index (χ3v) is 5.70. The van der Waals surface area contributed by atoms with Gasteiger partial charge in [0.15, 0.2) is 5.78 Å². The summed E-state index contributed by atoms with van der Waals surface area (Å²) in [5.74, 6) is 1.64. The van der Waals surface area contributed by atoms with Gasteiger partial charge in [0, 0.05) is 22.7 Å². The number of carbonyl (C=O) groups is 1. The standard InChI is InChI=1S/C22H19ClN4O/c1-13-24-22-25-18-11-16(14-6-3-2-4-7-14)12-19(28)20(18)21(27(22)26-13)15-8-5-9-17(23)10-15/h2-10,16,21H,11-12H2,1H3,(H,24,25,26)/t16-,21-/m0/s1. The summed E-state index contributed by atoms with van der Waals surface area (Å²) in [7, 11) is 0. The van der Waals surface area contributed by atoms with Gasteiger partial charge in [0.1, 0.15) is 11.9 Å². The maximum Gasteiger partial charge on any atom is 0.226 e. The van der Waals surface area contributed by atoms with Crippen LogP contribution in [0.3, 0.4) is 0 Å². The Labute approximate surface area is 168 Å². The number of nitrogens with zero attached hydrogens (tertiary/aromatic N) is 3. The van der Waals surface area contributed by atoms with Crippen LogP contribution in [0.15, 0.2) is 65.9 Å². The van der Waals surface area contributed by atoms with Gasteiger partial charge in [-0.05, 0) is 42.5 Å². The smallest absolute Gasteiger partial charge is 0.226 e. The minimum absolute atomic E-state index is 0.145. The number of aryl methyl sites for hydroxylation is 1. The molecular formula is C22H19ClN4O. The quantitative estimate of drug-likeness (QED) is 0.691. The molecule has 0 amide bonds. The molecule has 5 nitrogen and oxygen atoms in total. The lowest BCUT2D eigenvalue weighted by Crippen LogP contribution is -2.33. The van der Waals surface area contributed by atoms with Crippen molar-refractivity contribution in [1.82, 2.24) is 14.8 Å². The van der Waals surface area contributed by atoms with E-state index in [1.54, 1.807) is 4.68 Å². The fourth-order valence-corrected chi connectivity index (χ4v) is 4.46. The predicted octanol–water partition coefficient (Wildman–Crippen LogP) is 4.66. The minimum atomic E-state index is -0.310. The molecular weight excluding hydrogens is 372 g/mol. The summed E-state index contributed by atoms with van der Waals surface area (Å²) in [6, 6.07) is 17.5. The van der Waals surface area contributed by atoms with Gasteiger partial charge in [-0.1, -0.05) is 54.1 Å². The first-order valence-corrected chi connectivity index (χ1v) is 9.75. The molecule has 0 saturated carbocycles. The highest BCUT2D eigenvalue weighted by Gasteiger charge is 2.39. The Balaban J connectivity index is 1.63. The molecule has 1 aliphatic carbocycles. The molecule has 0 spiro atoms. The lowest BCUT2D eigenvalue weighted by molar-refractivity contribution is -0.116. The van der Waals surface area contributed by atoms with E-state index in [1.807, 2.05) is 49.4 Å². The Morgan fingerprint density at radius 3 is 2.64 bits per heavy atom. The minimum Gasteiger partial charge on any atom is -0.328 e. The van der Waals surface area contributed by atoms with Gasteiger partial charge in [-0.2, -0.15) is 10.1 Å². The van der Waals surface area contributed by atoms with E-state index in [-0.39, 0.29) is 17.7 Å². The SMILES string of the molecule is Cc1nc2n(n1)[C@@H](c1cccc(Cl)c1)C1=C(C[C@H](c3ccccc3)CC1=O)N2. The average Bonchev–Trinajstić information content (AvgIpc) is 3.06. The number of hydrogen-bond acceptors (Lipinski definition) is 4. The highest BCUT2D eigenvalue weighted by Crippen LogP contribution is 2.44. The van der Waals surface area contributed by atoms with Crippen molar-refractivity contribution in [3.05, 3.63) is 87.8 Å². The van der Waals surface area contributed by atoms with Crippen molar-refractivity contribution in [3.63, 3.8) is 0 Å². The molecule has 6 heteroatoms. The van der Waals surface area contributed by atoms with Crippen molar-refractivity contribution in [3.8, 4) is 0 Å². The van der Waals surface area contributed by atoms with Crippen molar-refractivity contribution >= 4 is 23.3 Å². The second-order valence-corrected chi connectivity index (χ2v) is 7.78. The highest BCUT2D eigenvalue weighted by molar-refractivity contribution is 6.30. The van der Waals surface area contributed by atoms with E-state index >= 15 is 0 Å². The normalized spacial score (nSPS) is 21.1. The Kier molecular flexibility index (Phi) is 4.05. The van der Waals surface area contributed by atoms with Gasteiger partial charge in [0.05, 0.1) is 0 Å². The number of nitrogens with one attached hydrogen (secondary N) is 1. The molecule has 2 aliphatic rings. The van der Waals surface area contributed by atoms with Crippen LogP contribution < -0.4 is 5.32 Å². The Bertz CT molecular complexity index is 1100. The van der Waals surface area contributed by atoms with Crippen LogP contribution in [-0.2, 0) is 4.79 Å². The zero-order chi connectivity index (χ0) is 19.3. The van der Waals surface area contributed by atoms with Crippen LogP contribution in [0, 0.1) is 6.92 Å². The molecule has 2 aromatic carbocycles. The molecule has 5 rings (SSSR count). The zero-order valence-corrected chi connectivity index (χ0v) is 16.1. The van der Waals surface area contributed by atoms with Crippen LogP contribution in [0.4, 0.5) is 5.95 Å². The summed E-state index contributed by atoms with van der Waals surface area (Å²) in [6.45, 7) is 1.86. The zero-order valence-electron chi connectivity index (χ0n) is 15.4. The van der Waals surface area contributed by atoms with Crippen LogP contribution in [0.1, 0.15) is 41.8 Å². The number of anilines is 1. The van der Waals surface area contributed by atoms with E-state index in [9.17, 15) is 4.79 Å². The number of ketones is 1. The van der Waals surface area contributed by atoms with Crippen LogP contribution in [0.2, 0.25) is 5.02 Å². The van der Waals surface area contributed by atoms with Crippen LogP contribution >= 0.6 is 11.6 Å². The maximum absolute atomic E-state index is 13.3. The largest absolute Gasteiger partial charge is 0.328 e. The number of benzene rings is 2. The molecule has 2 atom stereocenters. The van der Waals surface area contributed by atoms with Gasteiger partial charge in [-0.3, -0.25) is 4.79 Å². The summed E-state index contributed by atoms with van der Waals surface area (Å²) < 4.78 is 1.81. The van der Waals surface area contributed by atoms with Gasteiger partial charge in [-0.15, -0.1) is 0 Å². The van der Waals surface area contributed by atoms with Crippen LogP contribution in [0.25, 0.3) is 0 Å². The number of aromatic nitrogens is 3. The average molecular weight is 391 g/mol. The molecule has 0 fully saturated rings. The lowest BCUT2D eigenvalue weighted by atomic mass is 9.78. The Hall–Kier alpha value is -2.92. The van der Waals surface area contributed by atoms with Gasteiger partial charge < -0.3 is 5.32 Å². The molecule has 140 valence electrons. The fraction of sp³-hybridized carbons (Fsp3) is 0.227. The monoisotopic (exact) mass is 390 g/mol. The lowest BCUT2D eigenvalue weighted by Gasteiger charge is -2.35. The van der Waals surface area contributed by atoms with Crippen molar-refractivity contribution < 1.29 is 4.79 Å². The number of halogens is 1. The van der Waals surface area contributed by atoms with E-state index in [0.29, 0.717) is 23.2 Å². The number of fused-ring (bicyclic) bond motifs is 1. The van der Waals surface area contributed by atoms with E-state index in [0.717, 1.165) is 23.3 Å². The number of allylic oxidation sites excluding steroid dienone is 2. The van der Waals surface area contributed by atoms with Crippen molar-refractivity contribution in [1.29, 1.82) is 0 Å². The van der Waals surface area contributed by atoms with E-state index in [2.05, 4.69) is 27.5 Å². The van der Waals surface area contributed by atoms with E-state index < -0.39 is 0 Å². The van der Waals surface area contributed by atoms with E-state index in [1.165, 1.54) is 5.56 Å². The fourth-order valence-electron chi connectivity index (χ4n) is 4.26. The predicted molar refractivity (Wildman–Crippen MR) is 108 cm³/mol. The number of carbonyl (C=O) groups excluding carboxylic acids is 1. The van der Waals surface area contributed by atoms with Gasteiger partial charge >= 0.3 is 0 Å². The molecule has 0 unspecified atom stereocenters. The second-order valence-electron chi connectivity index (χ2n) is 7.34. The molecule has 1 N–H and O–H groups in total. The van der Waals surface area contributed by atoms with Crippen LogP contribution in [0.5, 0.6) is 0 Å². The Morgan fingerprint density at radius 2 is 1.86 bits per heavy atom. The third-order valence-electron chi connectivity index (χ3n) is 5.46. The summed E-state index contributed by atoms with van der Waals surface area (Å²) >= 11 is 6.25. The topological polar surface area (TPSA) is 59.8 Å². The number of Topliss-reactive ketones (excluding diaryl/α,β-unsaturated/α-hetero) is 1. The maximum atomic E-state index is 13.3. The summed E-state index contributed by atoms with van der Waals surface area (Å²) in [5.41, 5.74) is 3.84. The number of hydrogen-bond donors (Lipinski definition) is 1. The van der Waals surface area contributed by atoms with Crippen molar-refractivity contribution in [2.45, 2.75) is 31.7 Å². The van der Waals surface area contributed by atoms with Gasteiger partial charge in [-0.25, -0.2) is 4.68 Å².